The number of hydrogen-bond acceptors (Lipinski definition) is 6. The molecule has 1 aliphatic carbocycles. The third-order valence-electron chi connectivity index (χ3n) is 4.38. The Labute approximate surface area is 143 Å². The number of rotatable bonds is 7. The summed E-state index contributed by atoms with van der Waals surface area (Å²) in [6, 6.07) is 0. The Morgan fingerprint density at radius 1 is 1.25 bits per heavy atom. The zero-order valence-corrected chi connectivity index (χ0v) is 15.1. The highest BCUT2D eigenvalue weighted by Crippen LogP contribution is 2.32. The highest BCUT2D eigenvalue weighted by Gasteiger charge is 2.44. The SMILES string of the molecule is CC[C@H](C)CC(=O)O[C@@H]1C(=O)C(CO)=C[C@@H](OC(C)=O)[C@H]1C(C)C. The Morgan fingerprint density at radius 3 is 2.33 bits per heavy atom. The maximum absolute atomic E-state index is 12.5. The lowest BCUT2D eigenvalue weighted by Gasteiger charge is -2.37. The molecule has 6 nitrogen and oxygen atoms in total. The number of carbonyl (C=O) groups excluding carboxylic acids is 3. The third kappa shape index (κ3) is 5.16. The molecule has 1 N–H and O–H groups in total. The van der Waals surface area contributed by atoms with E-state index in [-0.39, 0.29) is 23.8 Å². The van der Waals surface area contributed by atoms with E-state index in [4.69, 9.17) is 9.47 Å². The summed E-state index contributed by atoms with van der Waals surface area (Å²) in [5.74, 6) is -1.73. The van der Waals surface area contributed by atoms with Crippen LogP contribution in [0.1, 0.15) is 47.5 Å². The Balaban J connectivity index is 3.08. The standard InChI is InChI=1S/C18H28O6/c1-6-11(4)7-15(21)24-18-16(10(2)3)14(23-12(5)20)8-13(9-19)17(18)22/h8,10-11,14,16,18-19H,6-7,9H2,1-5H3/t11-,14+,16+,18-/m0/s1. The first-order chi connectivity index (χ1) is 11.2. The maximum atomic E-state index is 12.5. The monoisotopic (exact) mass is 340 g/mol. The van der Waals surface area contributed by atoms with Crippen molar-refractivity contribution in [1.82, 2.24) is 0 Å². The number of aliphatic hydroxyl groups is 1. The van der Waals surface area contributed by atoms with Crippen LogP contribution in [0.3, 0.4) is 0 Å². The van der Waals surface area contributed by atoms with Gasteiger partial charge >= 0.3 is 11.9 Å². The van der Waals surface area contributed by atoms with Crippen LogP contribution in [0.25, 0.3) is 0 Å². The van der Waals surface area contributed by atoms with Crippen LogP contribution in [0.15, 0.2) is 11.6 Å². The molecule has 4 atom stereocenters. The van der Waals surface area contributed by atoms with Crippen LogP contribution >= 0.6 is 0 Å². The molecule has 1 rings (SSSR count). The van der Waals surface area contributed by atoms with Crippen molar-refractivity contribution in [3.63, 3.8) is 0 Å². The minimum absolute atomic E-state index is 0.0591. The second-order valence-electron chi connectivity index (χ2n) is 6.74. The third-order valence-corrected chi connectivity index (χ3v) is 4.38. The van der Waals surface area contributed by atoms with E-state index in [2.05, 4.69) is 0 Å². The largest absolute Gasteiger partial charge is 0.458 e. The van der Waals surface area contributed by atoms with Gasteiger partial charge in [-0.15, -0.1) is 0 Å². The summed E-state index contributed by atoms with van der Waals surface area (Å²) < 4.78 is 10.8. The fraction of sp³-hybridized carbons (Fsp3) is 0.722. The molecule has 0 aliphatic heterocycles. The first-order valence-corrected chi connectivity index (χ1v) is 8.43. The van der Waals surface area contributed by atoms with Crippen molar-refractivity contribution < 1.29 is 29.0 Å². The molecule has 0 fully saturated rings. The van der Waals surface area contributed by atoms with E-state index in [1.807, 2.05) is 27.7 Å². The smallest absolute Gasteiger partial charge is 0.306 e. The van der Waals surface area contributed by atoms with Crippen LogP contribution < -0.4 is 0 Å². The Morgan fingerprint density at radius 2 is 1.88 bits per heavy atom. The maximum Gasteiger partial charge on any atom is 0.306 e. The molecule has 0 aromatic rings. The van der Waals surface area contributed by atoms with E-state index in [0.717, 1.165) is 6.42 Å². The second kappa shape index (κ2) is 8.97. The van der Waals surface area contributed by atoms with Crippen molar-refractivity contribution in [2.24, 2.45) is 17.8 Å². The van der Waals surface area contributed by atoms with Gasteiger partial charge in [0.15, 0.2) is 6.10 Å². The van der Waals surface area contributed by atoms with Crippen molar-refractivity contribution in [3.8, 4) is 0 Å². The fourth-order valence-electron chi connectivity index (χ4n) is 2.84. The number of hydrogen-bond donors (Lipinski definition) is 1. The van der Waals surface area contributed by atoms with Gasteiger partial charge in [0, 0.05) is 24.8 Å². The van der Waals surface area contributed by atoms with Gasteiger partial charge in [0.1, 0.15) is 6.10 Å². The lowest BCUT2D eigenvalue weighted by atomic mass is 9.77. The van der Waals surface area contributed by atoms with E-state index >= 15 is 0 Å². The molecule has 0 aromatic carbocycles. The summed E-state index contributed by atoms with van der Waals surface area (Å²) in [6.45, 7) is 8.46. The van der Waals surface area contributed by atoms with E-state index in [1.165, 1.54) is 13.0 Å². The quantitative estimate of drug-likeness (QED) is 0.713. The number of ketones is 1. The number of Topliss-reactive ketones (excluding diaryl/α,β-unsaturated/α-hetero) is 1. The van der Waals surface area contributed by atoms with Crippen LogP contribution in [-0.4, -0.2) is 41.6 Å². The van der Waals surface area contributed by atoms with Crippen molar-refractivity contribution in [2.45, 2.75) is 59.7 Å². The highest BCUT2D eigenvalue weighted by atomic mass is 16.6. The number of aliphatic hydroxyl groups excluding tert-OH is 1. The lowest BCUT2D eigenvalue weighted by molar-refractivity contribution is -0.167. The molecule has 0 aromatic heterocycles. The van der Waals surface area contributed by atoms with Crippen LogP contribution in [0, 0.1) is 17.8 Å². The topological polar surface area (TPSA) is 89.9 Å². The summed E-state index contributed by atoms with van der Waals surface area (Å²) in [5, 5.41) is 9.40. The van der Waals surface area contributed by atoms with Crippen molar-refractivity contribution in [1.29, 1.82) is 0 Å². The molecule has 0 saturated heterocycles. The van der Waals surface area contributed by atoms with Gasteiger partial charge in [0.2, 0.25) is 5.78 Å². The molecule has 24 heavy (non-hydrogen) atoms. The van der Waals surface area contributed by atoms with Gasteiger partial charge in [-0.25, -0.2) is 0 Å². The molecule has 0 unspecified atom stereocenters. The molecule has 0 amide bonds. The average Bonchev–Trinajstić information content (AvgIpc) is 2.48. The minimum Gasteiger partial charge on any atom is -0.458 e. The van der Waals surface area contributed by atoms with Gasteiger partial charge < -0.3 is 14.6 Å². The highest BCUT2D eigenvalue weighted by molar-refractivity contribution is 6.01. The summed E-state index contributed by atoms with van der Waals surface area (Å²) in [5.41, 5.74) is 0.111. The zero-order valence-electron chi connectivity index (χ0n) is 15.1. The Hall–Kier alpha value is -1.69. The molecule has 0 saturated carbocycles. The van der Waals surface area contributed by atoms with E-state index in [1.54, 1.807) is 0 Å². The zero-order chi connectivity index (χ0) is 18.4. The van der Waals surface area contributed by atoms with Gasteiger partial charge in [-0.05, 0) is 17.9 Å². The lowest BCUT2D eigenvalue weighted by Crippen LogP contribution is -2.48. The van der Waals surface area contributed by atoms with Gasteiger partial charge in [0.05, 0.1) is 6.61 Å². The summed E-state index contributed by atoms with van der Waals surface area (Å²) >= 11 is 0. The van der Waals surface area contributed by atoms with Gasteiger partial charge in [-0.2, -0.15) is 0 Å². The molecule has 136 valence electrons. The molecular weight excluding hydrogens is 312 g/mol. The first kappa shape index (κ1) is 20.4. The minimum atomic E-state index is -1.04. The first-order valence-electron chi connectivity index (χ1n) is 8.43. The Kier molecular flexibility index (Phi) is 7.60. The van der Waals surface area contributed by atoms with Gasteiger partial charge in [-0.3, -0.25) is 14.4 Å². The van der Waals surface area contributed by atoms with Crippen LogP contribution in [-0.2, 0) is 23.9 Å². The van der Waals surface area contributed by atoms with E-state index in [0.29, 0.717) is 0 Å². The molecule has 0 bridgehead atoms. The second-order valence-corrected chi connectivity index (χ2v) is 6.74. The van der Waals surface area contributed by atoms with Gasteiger partial charge in [-0.1, -0.05) is 34.1 Å². The van der Waals surface area contributed by atoms with E-state index < -0.39 is 42.5 Å². The van der Waals surface area contributed by atoms with Crippen LogP contribution in [0.2, 0.25) is 0 Å². The van der Waals surface area contributed by atoms with Crippen molar-refractivity contribution in [3.05, 3.63) is 11.6 Å². The predicted octanol–water partition coefficient (Wildman–Crippen LogP) is 2.04. The molecule has 0 spiro atoms. The molecule has 1 aliphatic rings. The van der Waals surface area contributed by atoms with Crippen LogP contribution in [0.5, 0.6) is 0 Å². The number of ether oxygens (including phenoxy) is 2. The molecule has 0 radical (unpaired) electrons. The molecule has 0 heterocycles. The fourth-order valence-corrected chi connectivity index (χ4v) is 2.84. The van der Waals surface area contributed by atoms with Crippen LogP contribution in [0.4, 0.5) is 0 Å². The predicted molar refractivity (Wildman–Crippen MR) is 88.0 cm³/mol. The van der Waals surface area contributed by atoms with Gasteiger partial charge in [0.25, 0.3) is 0 Å². The van der Waals surface area contributed by atoms with Crippen molar-refractivity contribution in [2.75, 3.05) is 6.61 Å². The molecule has 6 heteroatoms. The summed E-state index contributed by atoms with van der Waals surface area (Å²) in [4.78, 5) is 36.1. The summed E-state index contributed by atoms with van der Waals surface area (Å²) in [7, 11) is 0. The van der Waals surface area contributed by atoms with E-state index in [9.17, 15) is 19.5 Å². The molecular formula is C18H28O6. The normalized spacial score (nSPS) is 25.2. The average molecular weight is 340 g/mol. The Bertz CT molecular complexity index is 508. The van der Waals surface area contributed by atoms with Crippen molar-refractivity contribution >= 4 is 17.7 Å². The summed E-state index contributed by atoms with van der Waals surface area (Å²) in [6.07, 6.45) is 0.774. The number of carbonyl (C=O) groups is 3. The number of esters is 2.